The first-order valence-corrected chi connectivity index (χ1v) is 11.5. The number of benzene rings is 1. The highest BCUT2D eigenvalue weighted by Crippen LogP contribution is 2.48. The number of aryl methyl sites for hydroxylation is 2. The van der Waals surface area contributed by atoms with Crippen LogP contribution >= 0.6 is 11.6 Å². The summed E-state index contributed by atoms with van der Waals surface area (Å²) < 4.78 is 15.7. The molecule has 0 unspecified atom stereocenters. The van der Waals surface area contributed by atoms with Crippen LogP contribution in [0.3, 0.4) is 0 Å². The number of pyridine rings is 1. The van der Waals surface area contributed by atoms with Gasteiger partial charge in [0.25, 0.3) is 5.91 Å². The molecule has 10 heteroatoms. The first kappa shape index (κ1) is 22.5. The van der Waals surface area contributed by atoms with Crippen molar-refractivity contribution in [1.82, 2.24) is 19.7 Å². The van der Waals surface area contributed by atoms with Crippen molar-refractivity contribution in [2.24, 2.45) is 11.7 Å². The zero-order valence-corrected chi connectivity index (χ0v) is 19.3. The van der Waals surface area contributed by atoms with Crippen molar-refractivity contribution in [3.63, 3.8) is 0 Å². The van der Waals surface area contributed by atoms with Crippen molar-refractivity contribution < 1.29 is 18.8 Å². The van der Waals surface area contributed by atoms with Gasteiger partial charge >= 0.3 is 0 Å². The lowest BCUT2D eigenvalue weighted by Crippen LogP contribution is -2.44. The highest BCUT2D eigenvalue weighted by Gasteiger charge is 2.55. The second kappa shape index (κ2) is 8.47. The van der Waals surface area contributed by atoms with Crippen LogP contribution < -0.4 is 5.73 Å². The molecule has 176 valence electrons. The number of ketones is 1. The molecule has 1 aliphatic heterocycles. The number of nitrogens with zero attached hydrogens (tertiary/aromatic N) is 4. The van der Waals surface area contributed by atoms with E-state index in [1.807, 2.05) is 0 Å². The zero-order valence-electron chi connectivity index (χ0n) is 18.5. The lowest BCUT2D eigenvalue weighted by atomic mass is 10.00. The number of hydrogen-bond donors (Lipinski definition) is 1. The van der Waals surface area contributed by atoms with E-state index < -0.39 is 17.8 Å². The number of Topliss-reactive ketones (excluding diaryl/α,β-unsaturated/α-hetero) is 1. The van der Waals surface area contributed by atoms with E-state index in [0.717, 1.165) is 6.42 Å². The van der Waals surface area contributed by atoms with Crippen molar-refractivity contribution >= 4 is 40.1 Å². The summed E-state index contributed by atoms with van der Waals surface area (Å²) in [4.78, 5) is 44.2. The summed E-state index contributed by atoms with van der Waals surface area (Å²) in [5.74, 6) is -1.24. The maximum atomic E-state index is 14.2. The molecule has 3 aromatic rings. The monoisotopic (exact) mass is 483 g/mol. The standard InChI is InChI=1S/C24H23ClFN5O3/c1-12-23-15(7-8-28-12)22(24(27)34)29-30(23)11-20(33)31-17-9-14(17)10-18(31)19(32)6-5-13-3-2-4-16(25)21(13)26/h2-4,7-8,14,17-18H,5-6,9-11H2,1H3,(H2,27,34)/t14-,17-,18+/m1/s1. The maximum absolute atomic E-state index is 14.2. The number of fused-ring (bicyclic) bond motifs is 2. The molecule has 34 heavy (non-hydrogen) atoms. The number of aromatic nitrogens is 3. The fraction of sp³-hybridized carbons (Fsp3) is 0.375. The lowest BCUT2D eigenvalue weighted by molar-refractivity contribution is -0.139. The fourth-order valence-corrected chi connectivity index (χ4v) is 5.27. The smallest absolute Gasteiger partial charge is 0.269 e. The highest BCUT2D eigenvalue weighted by atomic mass is 35.5. The summed E-state index contributed by atoms with van der Waals surface area (Å²) >= 11 is 5.84. The molecule has 2 aliphatic rings. The van der Waals surface area contributed by atoms with E-state index in [9.17, 15) is 18.8 Å². The highest BCUT2D eigenvalue weighted by molar-refractivity contribution is 6.30. The summed E-state index contributed by atoms with van der Waals surface area (Å²) in [6.45, 7) is 1.63. The van der Waals surface area contributed by atoms with Crippen LogP contribution in [-0.2, 0) is 22.6 Å². The van der Waals surface area contributed by atoms with Gasteiger partial charge in [-0.15, -0.1) is 0 Å². The average Bonchev–Trinajstić information content (AvgIpc) is 3.29. The molecule has 2 amide bonds. The summed E-state index contributed by atoms with van der Waals surface area (Å²) in [5.41, 5.74) is 7.12. The molecule has 5 rings (SSSR count). The summed E-state index contributed by atoms with van der Waals surface area (Å²) in [5, 5.41) is 4.84. The fourth-order valence-electron chi connectivity index (χ4n) is 5.07. The molecule has 0 radical (unpaired) electrons. The van der Waals surface area contributed by atoms with Crippen LogP contribution in [-0.4, -0.2) is 49.3 Å². The number of nitrogens with two attached hydrogens (primary N) is 1. The van der Waals surface area contributed by atoms with Gasteiger partial charge in [-0.05, 0) is 49.8 Å². The average molecular weight is 484 g/mol. The Kier molecular flexibility index (Phi) is 5.59. The number of rotatable bonds is 7. The molecule has 2 aromatic heterocycles. The molecule has 3 atom stereocenters. The molecule has 8 nitrogen and oxygen atoms in total. The minimum atomic E-state index is -0.688. The van der Waals surface area contributed by atoms with Gasteiger partial charge in [0.1, 0.15) is 12.4 Å². The first-order chi connectivity index (χ1) is 16.3. The van der Waals surface area contributed by atoms with E-state index in [0.29, 0.717) is 34.5 Å². The predicted molar refractivity (Wildman–Crippen MR) is 123 cm³/mol. The van der Waals surface area contributed by atoms with Crippen LogP contribution in [0.2, 0.25) is 5.02 Å². The second-order valence-corrected chi connectivity index (χ2v) is 9.37. The predicted octanol–water partition coefficient (Wildman–Crippen LogP) is 2.82. The Morgan fingerprint density at radius 1 is 1.24 bits per heavy atom. The molecular weight excluding hydrogens is 461 g/mol. The van der Waals surface area contributed by atoms with E-state index in [2.05, 4.69) is 10.1 Å². The third-order valence-electron chi connectivity index (χ3n) is 6.80. The number of halogens is 2. The van der Waals surface area contributed by atoms with E-state index in [4.69, 9.17) is 17.3 Å². The Morgan fingerprint density at radius 2 is 2.03 bits per heavy atom. The SMILES string of the molecule is Cc1nccc2c(C(N)=O)nn(CC(=O)N3[C@@H]4C[C@@H]4C[C@H]3C(=O)CCc3cccc(Cl)c3F)c12. The zero-order chi connectivity index (χ0) is 24.1. The third kappa shape index (κ3) is 3.83. The van der Waals surface area contributed by atoms with Crippen LogP contribution in [0.5, 0.6) is 0 Å². The second-order valence-electron chi connectivity index (χ2n) is 8.96. The van der Waals surface area contributed by atoms with Gasteiger partial charge in [0.2, 0.25) is 5.91 Å². The van der Waals surface area contributed by atoms with E-state index in [1.165, 1.54) is 10.7 Å². The van der Waals surface area contributed by atoms with Crippen LogP contribution in [0.15, 0.2) is 30.5 Å². The lowest BCUT2D eigenvalue weighted by Gasteiger charge is -2.27. The van der Waals surface area contributed by atoms with Gasteiger partial charge in [-0.3, -0.25) is 24.0 Å². The van der Waals surface area contributed by atoms with Gasteiger partial charge in [0.05, 0.1) is 22.3 Å². The molecule has 0 bridgehead atoms. The number of primary amides is 1. The summed E-state index contributed by atoms with van der Waals surface area (Å²) in [6, 6.07) is 5.85. The molecule has 3 heterocycles. The van der Waals surface area contributed by atoms with E-state index in [-0.39, 0.29) is 47.8 Å². The Labute approximate surface area is 199 Å². The summed E-state index contributed by atoms with van der Waals surface area (Å²) in [6.07, 6.45) is 3.37. The van der Waals surface area contributed by atoms with Crippen LogP contribution in [0.4, 0.5) is 4.39 Å². The van der Waals surface area contributed by atoms with Crippen molar-refractivity contribution in [2.75, 3.05) is 0 Å². The Hall–Kier alpha value is -3.33. The van der Waals surface area contributed by atoms with Crippen LogP contribution in [0.25, 0.3) is 10.9 Å². The number of hydrogen-bond acceptors (Lipinski definition) is 5. The quantitative estimate of drug-likeness (QED) is 0.555. The van der Waals surface area contributed by atoms with Crippen LogP contribution in [0, 0.1) is 18.7 Å². The normalized spacial score (nSPS) is 21.0. The number of piperidine rings is 1. The van der Waals surface area contributed by atoms with Crippen molar-refractivity contribution in [1.29, 1.82) is 0 Å². The van der Waals surface area contributed by atoms with Crippen molar-refractivity contribution in [3.05, 3.63) is 58.3 Å². The van der Waals surface area contributed by atoms with Gasteiger partial charge in [-0.1, -0.05) is 23.7 Å². The molecule has 0 spiro atoms. The summed E-state index contributed by atoms with van der Waals surface area (Å²) in [7, 11) is 0. The first-order valence-electron chi connectivity index (χ1n) is 11.1. The Balaban J connectivity index is 1.35. The maximum Gasteiger partial charge on any atom is 0.269 e. The molecular formula is C24H23ClFN5O3. The Bertz CT molecular complexity index is 1340. The third-order valence-corrected chi connectivity index (χ3v) is 7.09. The van der Waals surface area contributed by atoms with Gasteiger partial charge in [0, 0.05) is 24.0 Å². The van der Waals surface area contributed by atoms with Gasteiger partial charge in [-0.25, -0.2) is 4.39 Å². The number of amides is 2. The van der Waals surface area contributed by atoms with Crippen molar-refractivity contribution in [2.45, 2.75) is 51.2 Å². The van der Waals surface area contributed by atoms with E-state index in [1.54, 1.807) is 36.2 Å². The molecule has 1 saturated carbocycles. The molecule has 1 saturated heterocycles. The van der Waals surface area contributed by atoms with Gasteiger partial charge < -0.3 is 10.6 Å². The number of likely N-dealkylation sites (tertiary alicyclic amines) is 1. The number of carbonyl (C=O) groups excluding carboxylic acids is 3. The molecule has 2 fully saturated rings. The number of carbonyl (C=O) groups is 3. The van der Waals surface area contributed by atoms with Gasteiger partial charge in [0.15, 0.2) is 11.5 Å². The molecule has 1 aliphatic carbocycles. The molecule has 2 N–H and O–H groups in total. The van der Waals surface area contributed by atoms with Crippen molar-refractivity contribution in [3.8, 4) is 0 Å². The largest absolute Gasteiger partial charge is 0.364 e. The van der Waals surface area contributed by atoms with E-state index >= 15 is 0 Å². The Morgan fingerprint density at radius 3 is 2.79 bits per heavy atom. The minimum absolute atomic E-state index is 0.0235. The topological polar surface area (TPSA) is 111 Å². The van der Waals surface area contributed by atoms with Crippen LogP contribution in [0.1, 0.15) is 41.0 Å². The molecule has 1 aromatic carbocycles. The minimum Gasteiger partial charge on any atom is -0.364 e. The van der Waals surface area contributed by atoms with Gasteiger partial charge in [-0.2, -0.15) is 5.10 Å².